The molecule has 31 heavy (non-hydrogen) atoms. The molecule has 1 aliphatic rings. The fourth-order valence-electron chi connectivity index (χ4n) is 4.11. The predicted molar refractivity (Wildman–Crippen MR) is 119 cm³/mol. The van der Waals surface area contributed by atoms with Gasteiger partial charge in [0.05, 0.1) is 11.7 Å². The summed E-state index contributed by atoms with van der Waals surface area (Å²) in [4.78, 5) is 35.3. The van der Waals surface area contributed by atoms with Crippen LogP contribution in [0.5, 0.6) is 0 Å². The third-order valence-electron chi connectivity index (χ3n) is 5.65. The van der Waals surface area contributed by atoms with Gasteiger partial charge in [-0.15, -0.1) is 0 Å². The van der Waals surface area contributed by atoms with Crippen molar-refractivity contribution in [1.29, 1.82) is 0 Å². The molecule has 4 N–H and O–H groups in total. The number of carbonyl (C=O) groups is 2. The van der Waals surface area contributed by atoms with E-state index in [1.54, 1.807) is 24.4 Å². The van der Waals surface area contributed by atoms with Gasteiger partial charge in [-0.05, 0) is 42.5 Å². The summed E-state index contributed by atoms with van der Waals surface area (Å²) in [5.41, 5.74) is 15.1. The number of carbonyl (C=O) groups excluding carboxylic acids is 2. The lowest BCUT2D eigenvalue weighted by molar-refractivity contribution is -0.132. The van der Waals surface area contributed by atoms with Crippen molar-refractivity contribution < 1.29 is 9.59 Å². The molecule has 0 spiro atoms. The van der Waals surface area contributed by atoms with Crippen LogP contribution in [0.3, 0.4) is 0 Å². The lowest BCUT2D eigenvalue weighted by Gasteiger charge is -2.26. The largest absolute Gasteiger partial charge is 0.368 e. The average Bonchev–Trinajstić information content (AvgIpc) is 3.28. The molecule has 2 amide bonds. The van der Waals surface area contributed by atoms with Crippen LogP contribution >= 0.6 is 0 Å². The van der Waals surface area contributed by atoms with E-state index in [9.17, 15) is 9.59 Å². The molecule has 1 aromatic heterocycles. The second-order valence-corrected chi connectivity index (χ2v) is 7.70. The molecule has 158 valence electrons. The minimum atomic E-state index is -0.502. The van der Waals surface area contributed by atoms with Gasteiger partial charge in [0.25, 0.3) is 0 Å². The van der Waals surface area contributed by atoms with Crippen LogP contribution in [0.15, 0.2) is 60.8 Å². The summed E-state index contributed by atoms with van der Waals surface area (Å²) < 4.78 is 0. The molecule has 0 radical (unpaired) electrons. The molecule has 4 rings (SSSR count). The van der Waals surface area contributed by atoms with Crippen LogP contribution in [0.1, 0.15) is 46.9 Å². The van der Waals surface area contributed by atoms with Gasteiger partial charge < -0.3 is 16.4 Å². The highest BCUT2D eigenvalue weighted by Gasteiger charge is 2.32. The second kappa shape index (κ2) is 8.95. The summed E-state index contributed by atoms with van der Waals surface area (Å²) in [5, 5.41) is 0. The minimum Gasteiger partial charge on any atom is -0.368 e. The molecule has 0 unspecified atom stereocenters. The molecule has 0 saturated carbocycles. The number of nitrogens with two attached hydrogens (primary N) is 2. The Morgan fingerprint density at radius 1 is 1.10 bits per heavy atom. The molecule has 0 bridgehead atoms. The summed E-state index contributed by atoms with van der Waals surface area (Å²) in [6.45, 7) is 0.683. The van der Waals surface area contributed by atoms with Crippen LogP contribution in [0, 0.1) is 0 Å². The minimum absolute atomic E-state index is 0.0976. The van der Waals surface area contributed by atoms with Gasteiger partial charge in [0.1, 0.15) is 0 Å². The molecule has 3 aromatic rings. The highest BCUT2D eigenvalue weighted by atomic mass is 16.2. The van der Waals surface area contributed by atoms with Crippen LogP contribution in [0.2, 0.25) is 0 Å². The molecule has 7 nitrogen and oxygen atoms in total. The molecule has 2 heterocycles. The summed E-state index contributed by atoms with van der Waals surface area (Å²) in [6, 6.07) is 16.8. The first-order valence-electron chi connectivity index (χ1n) is 10.4. The number of aromatic nitrogens is 2. The quantitative estimate of drug-likeness (QED) is 0.642. The van der Waals surface area contributed by atoms with Crippen LogP contribution in [-0.4, -0.2) is 33.2 Å². The van der Waals surface area contributed by atoms with E-state index in [1.165, 1.54) is 0 Å². The number of benzene rings is 2. The summed E-state index contributed by atoms with van der Waals surface area (Å²) in [5.74, 6) is -0.243. The molecular weight excluding hydrogens is 390 g/mol. The van der Waals surface area contributed by atoms with E-state index in [2.05, 4.69) is 9.97 Å². The van der Waals surface area contributed by atoms with E-state index in [1.807, 2.05) is 41.3 Å². The van der Waals surface area contributed by atoms with Crippen molar-refractivity contribution >= 4 is 17.8 Å². The maximum Gasteiger partial charge on any atom is 0.248 e. The number of hydrogen-bond acceptors (Lipinski definition) is 5. The Morgan fingerprint density at radius 3 is 2.68 bits per heavy atom. The number of hydrogen-bond donors (Lipinski definition) is 2. The second-order valence-electron chi connectivity index (χ2n) is 7.70. The Morgan fingerprint density at radius 2 is 1.90 bits per heavy atom. The number of nitrogens with zero attached hydrogens (tertiary/aromatic N) is 3. The SMILES string of the molecule is NC(=O)c1cccc(-c2cnc(N)nc2[C@@H]2CCCN2C(=O)CCc2ccccc2)c1. The number of nitrogen functional groups attached to an aromatic ring is 1. The normalized spacial score (nSPS) is 15.7. The molecular formula is C24H25N5O2. The number of rotatable bonds is 6. The Hall–Kier alpha value is -3.74. The maximum atomic E-state index is 13.1. The van der Waals surface area contributed by atoms with Crippen molar-refractivity contribution in [2.24, 2.45) is 5.73 Å². The van der Waals surface area contributed by atoms with E-state index in [0.717, 1.165) is 29.5 Å². The van der Waals surface area contributed by atoms with Gasteiger partial charge in [-0.3, -0.25) is 9.59 Å². The first kappa shape index (κ1) is 20.5. The van der Waals surface area contributed by atoms with Crippen molar-refractivity contribution in [1.82, 2.24) is 14.9 Å². The van der Waals surface area contributed by atoms with Gasteiger partial charge in [0.15, 0.2) is 0 Å². The Balaban J connectivity index is 1.62. The molecule has 2 aromatic carbocycles. The smallest absolute Gasteiger partial charge is 0.248 e. The third kappa shape index (κ3) is 4.55. The van der Waals surface area contributed by atoms with E-state index in [4.69, 9.17) is 11.5 Å². The maximum absolute atomic E-state index is 13.1. The highest BCUT2D eigenvalue weighted by Crippen LogP contribution is 2.37. The average molecular weight is 415 g/mol. The topological polar surface area (TPSA) is 115 Å². The Bertz CT molecular complexity index is 1100. The van der Waals surface area contributed by atoms with Crippen LogP contribution in [-0.2, 0) is 11.2 Å². The number of primary amides is 1. The lowest BCUT2D eigenvalue weighted by Crippen LogP contribution is -2.31. The molecule has 1 atom stereocenters. The molecule has 0 aliphatic carbocycles. The third-order valence-corrected chi connectivity index (χ3v) is 5.65. The van der Waals surface area contributed by atoms with Crippen LogP contribution in [0.4, 0.5) is 5.95 Å². The zero-order chi connectivity index (χ0) is 21.8. The fourth-order valence-corrected chi connectivity index (χ4v) is 4.11. The Kier molecular flexibility index (Phi) is 5.93. The van der Waals surface area contributed by atoms with E-state index in [-0.39, 0.29) is 17.9 Å². The van der Waals surface area contributed by atoms with E-state index in [0.29, 0.717) is 30.6 Å². The van der Waals surface area contributed by atoms with E-state index < -0.39 is 5.91 Å². The molecule has 1 fully saturated rings. The predicted octanol–water partition coefficient (Wildman–Crippen LogP) is 3.12. The van der Waals surface area contributed by atoms with E-state index >= 15 is 0 Å². The summed E-state index contributed by atoms with van der Waals surface area (Å²) >= 11 is 0. The van der Waals surface area contributed by atoms with Gasteiger partial charge in [-0.25, -0.2) is 9.97 Å². The molecule has 1 aliphatic heterocycles. The first-order valence-corrected chi connectivity index (χ1v) is 10.4. The lowest BCUT2D eigenvalue weighted by atomic mass is 9.98. The fraction of sp³-hybridized carbons (Fsp3) is 0.250. The monoisotopic (exact) mass is 415 g/mol. The first-order chi connectivity index (χ1) is 15.0. The van der Waals surface area contributed by atoms with Gasteiger partial charge in [-0.2, -0.15) is 0 Å². The van der Waals surface area contributed by atoms with Crippen molar-refractivity contribution in [3.8, 4) is 11.1 Å². The van der Waals surface area contributed by atoms with Gasteiger partial charge in [0.2, 0.25) is 17.8 Å². The standard InChI is InChI=1S/C24H25N5O2/c25-23(31)18-9-4-8-17(14-18)19-15-27-24(26)28-22(19)20-10-5-13-29(20)21(30)12-11-16-6-2-1-3-7-16/h1-4,6-9,14-15,20H,5,10-13H2,(H2,25,31)(H2,26,27,28)/t20-/m0/s1. The number of amides is 2. The molecule has 1 saturated heterocycles. The van der Waals surface area contributed by atoms with Crippen molar-refractivity contribution in [3.63, 3.8) is 0 Å². The van der Waals surface area contributed by atoms with Crippen molar-refractivity contribution in [3.05, 3.63) is 77.6 Å². The zero-order valence-electron chi connectivity index (χ0n) is 17.2. The van der Waals surface area contributed by atoms with Gasteiger partial charge in [-0.1, -0.05) is 42.5 Å². The summed E-state index contributed by atoms with van der Waals surface area (Å²) in [7, 11) is 0. The van der Waals surface area contributed by atoms with Crippen LogP contribution in [0.25, 0.3) is 11.1 Å². The van der Waals surface area contributed by atoms with Crippen molar-refractivity contribution in [2.75, 3.05) is 12.3 Å². The number of likely N-dealkylation sites (tertiary alicyclic amines) is 1. The van der Waals surface area contributed by atoms with Gasteiger partial charge in [0, 0.05) is 30.3 Å². The molecule has 7 heteroatoms. The Labute approximate surface area is 181 Å². The zero-order valence-corrected chi connectivity index (χ0v) is 17.2. The summed E-state index contributed by atoms with van der Waals surface area (Å²) in [6.07, 6.45) is 4.49. The van der Waals surface area contributed by atoms with Crippen LogP contribution < -0.4 is 11.5 Å². The van der Waals surface area contributed by atoms with Gasteiger partial charge >= 0.3 is 0 Å². The number of aryl methyl sites for hydroxylation is 1. The number of anilines is 1. The van der Waals surface area contributed by atoms with Crippen molar-refractivity contribution in [2.45, 2.75) is 31.7 Å². The highest BCUT2D eigenvalue weighted by molar-refractivity contribution is 5.94.